The Balaban J connectivity index is 1.92. The quantitative estimate of drug-likeness (QED) is 0.858. The molecule has 0 saturated carbocycles. The van der Waals surface area contributed by atoms with Crippen molar-refractivity contribution in [3.63, 3.8) is 0 Å². The molecule has 0 amide bonds. The summed E-state index contributed by atoms with van der Waals surface area (Å²) in [5.74, 6) is 0. The topological polar surface area (TPSA) is 20.2 Å². The van der Waals surface area contributed by atoms with Gasteiger partial charge < -0.3 is 0 Å². The molecule has 2 aromatic carbocycles. The van der Waals surface area contributed by atoms with E-state index < -0.39 is 0 Å². The van der Waals surface area contributed by atoms with Crippen LogP contribution in [-0.4, -0.2) is 20.1 Å². The van der Waals surface area contributed by atoms with Crippen molar-refractivity contribution < 1.29 is 5.11 Å². The molecule has 0 fully saturated rings. The van der Waals surface area contributed by atoms with Crippen LogP contribution in [0, 0.1) is 6.92 Å². The molecule has 88 valence electrons. The predicted octanol–water partition coefficient (Wildman–Crippen LogP) is 2.48. The van der Waals surface area contributed by atoms with Crippen molar-refractivity contribution in [2.75, 3.05) is 0 Å². The van der Waals surface area contributed by atoms with Crippen LogP contribution in [0.5, 0.6) is 0 Å². The molecule has 1 N–H and O–H groups in total. The second-order valence-corrected chi connectivity index (χ2v) is 6.34. The summed E-state index contributed by atoms with van der Waals surface area (Å²) in [5.41, 5.74) is 2.30. The molecule has 0 heterocycles. The van der Waals surface area contributed by atoms with Crippen LogP contribution in [0.4, 0.5) is 0 Å². The molecular formula is C15H16OSe. The Hall–Kier alpha value is -1.08. The first-order valence-corrected chi connectivity index (χ1v) is 7.75. The van der Waals surface area contributed by atoms with Crippen molar-refractivity contribution in [2.24, 2.45) is 0 Å². The van der Waals surface area contributed by atoms with Gasteiger partial charge in [-0.1, -0.05) is 0 Å². The van der Waals surface area contributed by atoms with E-state index in [4.69, 9.17) is 0 Å². The van der Waals surface area contributed by atoms with Crippen LogP contribution in [0.25, 0.3) is 0 Å². The molecular weight excluding hydrogens is 275 g/mol. The van der Waals surface area contributed by atoms with E-state index in [9.17, 15) is 5.11 Å². The van der Waals surface area contributed by atoms with E-state index in [-0.39, 0.29) is 6.10 Å². The van der Waals surface area contributed by atoms with E-state index in [1.165, 1.54) is 10.0 Å². The van der Waals surface area contributed by atoms with Gasteiger partial charge in [-0.15, -0.1) is 0 Å². The average Bonchev–Trinajstić information content (AvgIpc) is 2.39. The molecule has 17 heavy (non-hydrogen) atoms. The molecule has 1 atom stereocenters. The van der Waals surface area contributed by atoms with E-state index in [0.717, 1.165) is 10.9 Å². The van der Waals surface area contributed by atoms with Crippen LogP contribution in [0.2, 0.25) is 5.32 Å². The van der Waals surface area contributed by atoms with Crippen molar-refractivity contribution in [3.8, 4) is 0 Å². The third-order valence-corrected chi connectivity index (χ3v) is 4.90. The average molecular weight is 291 g/mol. The zero-order valence-corrected chi connectivity index (χ0v) is 11.5. The summed E-state index contributed by atoms with van der Waals surface area (Å²) in [4.78, 5) is 0. The summed E-state index contributed by atoms with van der Waals surface area (Å²) in [7, 11) is 0. The van der Waals surface area contributed by atoms with E-state index in [1.54, 1.807) is 0 Å². The molecule has 2 heteroatoms. The molecule has 0 radical (unpaired) electrons. The van der Waals surface area contributed by atoms with Crippen LogP contribution >= 0.6 is 0 Å². The molecule has 0 bridgehead atoms. The second kappa shape index (κ2) is 6.02. The van der Waals surface area contributed by atoms with Gasteiger partial charge in [0.1, 0.15) is 0 Å². The number of hydrogen-bond donors (Lipinski definition) is 1. The van der Waals surface area contributed by atoms with E-state index in [0.29, 0.717) is 15.0 Å². The Morgan fingerprint density at radius 2 is 1.65 bits per heavy atom. The van der Waals surface area contributed by atoms with Crippen LogP contribution in [-0.2, 0) is 0 Å². The Morgan fingerprint density at radius 3 is 2.29 bits per heavy atom. The molecule has 1 unspecified atom stereocenters. The molecule has 0 saturated heterocycles. The first kappa shape index (κ1) is 12.4. The third kappa shape index (κ3) is 3.71. The van der Waals surface area contributed by atoms with Crippen molar-refractivity contribution in [1.29, 1.82) is 0 Å². The van der Waals surface area contributed by atoms with Crippen molar-refractivity contribution in [3.05, 3.63) is 65.7 Å². The number of benzene rings is 2. The Bertz CT molecular complexity index is 450. The van der Waals surface area contributed by atoms with Crippen LogP contribution in [0.15, 0.2) is 54.6 Å². The SMILES string of the molecule is Cc1ccc([Se]CC(O)c2ccccc2)cc1. The van der Waals surface area contributed by atoms with Gasteiger partial charge in [-0.3, -0.25) is 0 Å². The van der Waals surface area contributed by atoms with Crippen molar-refractivity contribution in [2.45, 2.75) is 18.3 Å². The number of rotatable bonds is 4. The fourth-order valence-electron chi connectivity index (χ4n) is 1.58. The minimum atomic E-state index is -0.336. The third-order valence-electron chi connectivity index (χ3n) is 2.61. The van der Waals surface area contributed by atoms with E-state index >= 15 is 0 Å². The van der Waals surface area contributed by atoms with Crippen molar-refractivity contribution >= 4 is 19.4 Å². The van der Waals surface area contributed by atoms with Crippen LogP contribution in [0.1, 0.15) is 17.2 Å². The van der Waals surface area contributed by atoms with Gasteiger partial charge in [0.2, 0.25) is 0 Å². The van der Waals surface area contributed by atoms with Gasteiger partial charge in [0.05, 0.1) is 0 Å². The Morgan fingerprint density at radius 1 is 1.00 bits per heavy atom. The van der Waals surface area contributed by atoms with Gasteiger partial charge in [-0.05, 0) is 0 Å². The normalized spacial score (nSPS) is 12.4. The molecule has 2 aromatic rings. The number of hydrogen-bond acceptors (Lipinski definition) is 1. The van der Waals surface area contributed by atoms with Gasteiger partial charge in [0.25, 0.3) is 0 Å². The Labute approximate surface area is 109 Å². The molecule has 0 aliphatic carbocycles. The van der Waals surface area contributed by atoms with E-state index in [1.807, 2.05) is 30.3 Å². The van der Waals surface area contributed by atoms with Crippen LogP contribution < -0.4 is 4.46 Å². The van der Waals surface area contributed by atoms with E-state index in [2.05, 4.69) is 31.2 Å². The number of aliphatic hydroxyl groups excluding tert-OH is 1. The van der Waals surface area contributed by atoms with Crippen molar-refractivity contribution in [1.82, 2.24) is 0 Å². The van der Waals surface area contributed by atoms with Gasteiger partial charge in [-0.2, -0.15) is 0 Å². The Kier molecular flexibility index (Phi) is 4.38. The molecule has 2 rings (SSSR count). The number of aryl methyl sites for hydroxylation is 1. The summed E-state index contributed by atoms with van der Waals surface area (Å²) >= 11 is 0.336. The van der Waals surface area contributed by atoms with Crippen LogP contribution in [0.3, 0.4) is 0 Å². The van der Waals surface area contributed by atoms with Gasteiger partial charge in [0, 0.05) is 0 Å². The zero-order valence-electron chi connectivity index (χ0n) is 9.84. The molecule has 1 nitrogen and oxygen atoms in total. The zero-order chi connectivity index (χ0) is 12.1. The van der Waals surface area contributed by atoms with Gasteiger partial charge in [0.15, 0.2) is 0 Å². The molecule has 0 aromatic heterocycles. The summed E-state index contributed by atoms with van der Waals surface area (Å²) < 4.78 is 1.35. The maximum atomic E-state index is 10.1. The molecule has 0 aliphatic heterocycles. The summed E-state index contributed by atoms with van der Waals surface area (Å²) in [6.45, 7) is 2.09. The first-order valence-electron chi connectivity index (χ1n) is 5.68. The van der Waals surface area contributed by atoms with Gasteiger partial charge >= 0.3 is 109 Å². The minimum absolute atomic E-state index is 0.336. The molecule has 0 aliphatic rings. The first-order chi connectivity index (χ1) is 8.25. The molecule has 0 spiro atoms. The summed E-state index contributed by atoms with van der Waals surface area (Å²) in [6, 6.07) is 18.5. The van der Waals surface area contributed by atoms with Gasteiger partial charge in [-0.25, -0.2) is 0 Å². The fourth-order valence-corrected chi connectivity index (χ4v) is 3.41. The monoisotopic (exact) mass is 292 g/mol. The second-order valence-electron chi connectivity index (χ2n) is 4.05. The summed E-state index contributed by atoms with van der Waals surface area (Å²) in [6.07, 6.45) is -0.336. The predicted molar refractivity (Wildman–Crippen MR) is 72.8 cm³/mol. The number of aliphatic hydroxyl groups is 1. The maximum absolute atomic E-state index is 10.1. The fraction of sp³-hybridized carbons (Fsp3) is 0.200. The summed E-state index contributed by atoms with van der Waals surface area (Å²) in [5, 5.41) is 10.9. The standard InChI is InChI=1S/C15H16OSe/c1-12-7-9-14(10-8-12)17-11-15(16)13-5-3-2-4-6-13/h2-10,15-16H,11H2,1H3.